The van der Waals surface area contributed by atoms with E-state index in [4.69, 9.17) is 4.74 Å². The molecule has 2 aliphatic heterocycles. The average Bonchev–Trinajstić information content (AvgIpc) is 3.55. The van der Waals surface area contributed by atoms with Crippen LogP contribution in [0, 0.1) is 18.6 Å². The highest BCUT2D eigenvalue weighted by molar-refractivity contribution is 7.89. The Labute approximate surface area is 249 Å². The first kappa shape index (κ1) is 29.5. The summed E-state index contributed by atoms with van der Waals surface area (Å²) in [5.74, 6) is -2.81. The van der Waals surface area contributed by atoms with Crippen LogP contribution in [0.2, 0.25) is 0 Å². The number of aromatic nitrogens is 5. The number of hydrogen-bond donors (Lipinski definition) is 2. The molecule has 44 heavy (non-hydrogen) atoms. The highest BCUT2D eigenvalue weighted by Crippen LogP contribution is 2.39. The first-order valence-electron chi connectivity index (χ1n) is 13.7. The van der Waals surface area contributed by atoms with Crippen molar-refractivity contribution in [1.29, 1.82) is 0 Å². The van der Waals surface area contributed by atoms with Gasteiger partial charge in [0.25, 0.3) is 11.5 Å². The second kappa shape index (κ2) is 11.2. The molecule has 2 aromatic heterocycles. The van der Waals surface area contributed by atoms with Gasteiger partial charge in [0.2, 0.25) is 15.8 Å². The first-order valence-corrected chi connectivity index (χ1v) is 15.1. The number of carbonyl (C=O) groups is 1. The lowest BCUT2D eigenvalue weighted by Crippen LogP contribution is -2.52. The van der Waals surface area contributed by atoms with E-state index in [1.165, 1.54) is 56.5 Å². The van der Waals surface area contributed by atoms with Crippen LogP contribution in [0.25, 0.3) is 5.69 Å². The molecule has 16 heteroatoms. The minimum absolute atomic E-state index is 0.0216. The molecule has 0 atom stereocenters. The zero-order valence-corrected chi connectivity index (χ0v) is 24.2. The third kappa shape index (κ3) is 5.14. The molecule has 13 nitrogen and oxygen atoms in total. The van der Waals surface area contributed by atoms with Crippen molar-refractivity contribution >= 4 is 15.9 Å². The monoisotopic (exact) mass is 627 g/mol. The molecule has 1 amide bonds. The van der Waals surface area contributed by atoms with Crippen molar-refractivity contribution in [3.8, 4) is 11.4 Å². The number of ether oxygens (including phenoxy) is 1. The zero-order chi connectivity index (χ0) is 31.2. The van der Waals surface area contributed by atoms with Crippen LogP contribution in [0.15, 0.2) is 58.7 Å². The molecule has 0 aliphatic carbocycles. The van der Waals surface area contributed by atoms with Crippen LogP contribution in [0.4, 0.5) is 8.78 Å². The number of hydrogen-bond acceptors (Lipinski definition) is 9. The number of amides is 1. The Kier molecular flexibility index (Phi) is 7.51. The molecule has 0 bridgehead atoms. The number of fused-ring (bicyclic) bond motifs is 2. The molecule has 1 fully saturated rings. The normalized spacial score (nSPS) is 16.5. The smallest absolute Gasteiger partial charge is 0.296 e. The fraction of sp³-hybridized carbons (Fsp3) is 0.321. The molecule has 230 valence electrons. The highest BCUT2D eigenvalue weighted by atomic mass is 32.2. The highest BCUT2D eigenvalue weighted by Gasteiger charge is 2.46. The second-order valence-corrected chi connectivity index (χ2v) is 12.4. The van der Waals surface area contributed by atoms with Crippen molar-refractivity contribution in [1.82, 2.24) is 33.9 Å². The Morgan fingerprint density at radius 1 is 1.11 bits per heavy atom. The second-order valence-electron chi connectivity index (χ2n) is 10.5. The summed E-state index contributed by atoms with van der Waals surface area (Å²) in [7, 11) is -4.03. The van der Waals surface area contributed by atoms with Crippen molar-refractivity contribution in [2.24, 2.45) is 0 Å². The summed E-state index contributed by atoms with van der Waals surface area (Å²) in [6.07, 6.45) is 2.83. The lowest BCUT2D eigenvalue weighted by Gasteiger charge is -2.43. The molecule has 0 unspecified atom stereocenters. The Bertz CT molecular complexity index is 1920. The molecule has 1 spiro atoms. The van der Waals surface area contributed by atoms with Crippen molar-refractivity contribution in [3.05, 3.63) is 93.7 Å². The number of piperidine rings is 1. The molecule has 2 aromatic carbocycles. The van der Waals surface area contributed by atoms with Gasteiger partial charge in [-0.05, 0) is 55.2 Å². The first-order chi connectivity index (χ1) is 21.0. The summed E-state index contributed by atoms with van der Waals surface area (Å²) in [4.78, 5) is 34.6. The van der Waals surface area contributed by atoms with Crippen LogP contribution in [0.3, 0.4) is 0 Å². The quantitative estimate of drug-likeness (QED) is 0.325. The Morgan fingerprint density at radius 2 is 1.84 bits per heavy atom. The van der Waals surface area contributed by atoms with Gasteiger partial charge in [-0.15, -0.1) is 0 Å². The van der Waals surface area contributed by atoms with Gasteiger partial charge in [-0.1, -0.05) is 12.1 Å². The van der Waals surface area contributed by atoms with E-state index in [2.05, 4.69) is 20.4 Å². The Balaban J connectivity index is 1.26. The van der Waals surface area contributed by atoms with E-state index in [9.17, 15) is 31.9 Å². The van der Waals surface area contributed by atoms with Crippen molar-refractivity contribution in [2.45, 2.75) is 43.4 Å². The molecular formula is C28H27F2N7O6S. The number of halogens is 2. The van der Waals surface area contributed by atoms with Crippen molar-refractivity contribution in [3.63, 3.8) is 0 Å². The van der Waals surface area contributed by atoms with Crippen LogP contribution >= 0.6 is 0 Å². The topological polar surface area (TPSA) is 162 Å². The van der Waals surface area contributed by atoms with Gasteiger partial charge in [0, 0.05) is 19.6 Å². The molecule has 6 rings (SSSR count). The number of nitrogens with zero attached hydrogens (tertiary/aromatic N) is 6. The van der Waals surface area contributed by atoms with Crippen molar-refractivity contribution in [2.75, 3.05) is 19.7 Å². The molecule has 0 saturated carbocycles. The average molecular weight is 628 g/mol. The summed E-state index contributed by atoms with van der Waals surface area (Å²) in [5.41, 5.74) is -1.37. The number of carbonyl (C=O) groups excluding carboxylic acids is 1. The molecule has 2 N–H and O–H groups in total. The van der Waals surface area contributed by atoms with Gasteiger partial charge >= 0.3 is 0 Å². The predicted molar refractivity (Wildman–Crippen MR) is 149 cm³/mol. The van der Waals surface area contributed by atoms with E-state index in [1.54, 1.807) is 6.92 Å². The number of aromatic hydroxyl groups is 1. The maximum atomic E-state index is 14.0. The summed E-state index contributed by atoms with van der Waals surface area (Å²) in [5, 5.41) is 17.3. The molecule has 4 aromatic rings. The van der Waals surface area contributed by atoms with Gasteiger partial charge in [-0.3, -0.25) is 14.2 Å². The van der Waals surface area contributed by atoms with E-state index < -0.39 is 50.2 Å². The van der Waals surface area contributed by atoms with Gasteiger partial charge < -0.3 is 15.2 Å². The van der Waals surface area contributed by atoms with E-state index in [-0.39, 0.29) is 56.3 Å². The third-order valence-corrected chi connectivity index (χ3v) is 9.95. The van der Waals surface area contributed by atoms with Gasteiger partial charge in [0.1, 0.15) is 35.7 Å². The standard InChI is InChI=1S/C28H27F2N7O6S/c1-17-2-4-20(30)13-22(17)44(41,42)35-8-6-28(7-9-35)27-34-23(24(38)26(40)36(27)10-11-43-28)25(39)32-14-18-3-5-19(29)12-21(18)37-16-31-15-33-37/h2-5,12-13,15-16,38H,6-11,14H2,1H3,(H,32,39). The number of nitrogens with one attached hydrogen (secondary N) is 1. The van der Waals surface area contributed by atoms with E-state index in [0.29, 0.717) is 16.8 Å². The Morgan fingerprint density at radius 3 is 2.57 bits per heavy atom. The molecular weight excluding hydrogens is 600 g/mol. The maximum absolute atomic E-state index is 14.0. The summed E-state index contributed by atoms with van der Waals surface area (Å²) >= 11 is 0. The fourth-order valence-electron chi connectivity index (χ4n) is 5.59. The predicted octanol–water partition coefficient (Wildman–Crippen LogP) is 1.76. The fourth-order valence-corrected chi connectivity index (χ4v) is 7.27. The van der Waals surface area contributed by atoms with Gasteiger partial charge in [-0.25, -0.2) is 31.8 Å². The summed E-state index contributed by atoms with van der Waals surface area (Å²) in [6.45, 7) is 1.59. The Hall–Kier alpha value is -4.54. The maximum Gasteiger partial charge on any atom is 0.296 e. The van der Waals surface area contributed by atoms with Crippen LogP contribution in [-0.4, -0.2) is 67.7 Å². The van der Waals surface area contributed by atoms with Gasteiger partial charge in [0.15, 0.2) is 5.69 Å². The largest absolute Gasteiger partial charge is 0.501 e. The summed E-state index contributed by atoms with van der Waals surface area (Å²) < 4.78 is 64.5. The number of sulfonamides is 1. The van der Waals surface area contributed by atoms with Crippen LogP contribution < -0.4 is 10.9 Å². The van der Waals surface area contributed by atoms with E-state index in [0.717, 1.165) is 6.07 Å². The van der Waals surface area contributed by atoms with Crippen LogP contribution in [-0.2, 0) is 33.5 Å². The van der Waals surface area contributed by atoms with Crippen LogP contribution in [0.1, 0.15) is 40.3 Å². The van der Waals surface area contributed by atoms with Gasteiger partial charge in [-0.2, -0.15) is 9.40 Å². The minimum atomic E-state index is -4.03. The third-order valence-electron chi connectivity index (χ3n) is 7.91. The summed E-state index contributed by atoms with van der Waals surface area (Å²) in [6, 6.07) is 7.46. The van der Waals surface area contributed by atoms with Crippen molar-refractivity contribution < 1.29 is 31.8 Å². The zero-order valence-electron chi connectivity index (χ0n) is 23.4. The van der Waals surface area contributed by atoms with E-state index in [1.807, 2.05) is 0 Å². The van der Waals surface area contributed by atoms with E-state index >= 15 is 0 Å². The minimum Gasteiger partial charge on any atom is -0.501 e. The molecule has 1 saturated heterocycles. The molecule has 2 aliphatic rings. The lowest BCUT2D eigenvalue weighted by molar-refractivity contribution is -0.110. The SMILES string of the molecule is Cc1ccc(F)cc1S(=O)(=O)N1CCC2(CC1)OCCn1c2nc(C(=O)NCc2ccc(F)cc2-n2cncn2)c(O)c1=O. The van der Waals surface area contributed by atoms with Gasteiger partial charge in [0.05, 0.1) is 23.7 Å². The molecule has 4 heterocycles. The number of rotatable bonds is 6. The number of aryl methyl sites for hydroxylation is 1. The molecule has 0 radical (unpaired) electrons. The van der Waals surface area contributed by atoms with Crippen LogP contribution in [0.5, 0.6) is 5.75 Å². The lowest BCUT2D eigenvalue weighted by atomic mass is 9.89. The number of benzene rings is 2.